The summed E-state index contributed by atoms with van der Waals surface area (Å²) in [6, 6.07) is 17.0. The number of ether oxygens (including phenoxy) is 1. The first-order valence-corrected chi connectivity index (χ1v) is 11.3. The van der Waals surface area contributed by atoms with Crippen molar-refractivity contribution in [2.45, 2.75) is 6.17 Å². The maximum Gasteiger partial charge on any atom is 0.317 e. The monoisotopic (exact) mass is 490 g/mol. The number of hydrogen-bond acceptors (Lipinski definition) is 10. The largest absolute Gasteiger partial charge is 0.401 e. The molecule has 1 amide bonds. The Morgan fingerprint density at radius 3 is 2.63 bits per heavy atom. The maximum atomic E-state index is 13.0. The van der Waals surface area contributed by atoms with E-state index < -0.39 is 6.17 Å². The molecular weight excluding hydrogens is 468 g/mol. The molecule has 2 aliphatic rings. The second-order valence-corrected chi connectivity index (χ2v) is 7.93. The number of amidine groups is 1. The maximum absolute atomic E-state index is 13.0. The average molecular weight is 491 g/mol. The van der Waals surface area contributed by atoms with Crippen LogP contribution in [-0.2, 0) is 9.53 Å². The van der Waals surface area contributed by atoms with Gasteiger partial charge >= 0.3 is 6.01 Å². The van der Waals surface area contributed by atoms with E-state index in [1.54, 1.807) is 4.90 Å². The number of nitrogens with zero attached hydrogens (tertiary/aromatic N) is 5. The van der Waals surface area contributed by atoms with Gasteiger partial charge in [0.2, 0.25) is 6.17 Å². The van der Waals surface area contributed by atoms with Crippen molar-refractivity contribution in [3.63, 3.8) is 0 Å². The molecule has 178 valence electrons. The number of rotatable bonds is 5. The number of aromatic nitrogens is 2. The summed E-state index contributed by atoms with van der Waals surface area (Å²) in [6.07, 6.45) is -1.04. The van der Waals surface area contributed by atoms with Gasteiger partial charge < -0.3 is 24.7 Å². The first-order valence-electron chi connectivity index (χ1n) is 10.9. The van der Waals surface area contributed by atoms with Crippen LogP contribution in [0.5, 0.6) is 0 Å². The summed E-state index contributed by atoms with van der Waals surface area (Å²) in [5.41, 5.74) is 3.08. The Bertz CT molecular complexity index is 1300. The van der Waals surface area contributed by atoms with Gasteiger partial charge in [-0.1, -0.05) is 53.6 Å². The highest BCUT2D eigenvalue weighted by atomic mass is 32.1. The van der Waals surface area contributed by atoms with E-state index in [1.165, 1.54) is 0 Å². The summed E-state index contributed by atoms with van der Waals surface area (Å²) in [6.45, 7) is 2.12. The van der Waals surface area contributed by atoms with Crippen molar-refractivity contribution >= 4 is 47.7 Å². The highest BCUT2D eigenvalue weighted by Gasteiger charge is 2.28. The lowest BCUT2D eigenvalue weighted by atomic mass is 10.0. The van der Waals surface area contributed by atoms with Crippen LogP contribution in [-0.4, -0.2) is 70.7 Å². The standard InChI is InChI=1S/C23H22N8O3S/c24-19(31-10-12-33-13-11-31)18(30-35)22-28-29-23(34-22)27-20-21(32)25-16-9-5-4-8-15(16)17(26-20)14-6-2-1-3-7-14/h1-9,20,24,35H,10-13H2,(H,25,32)(H,27,29)/t20-/m1/s1. The molecule has 0 bridgehead atoms. The number of benzene rings is 2. The van der Waals surface area contributed by atoms with Crippen LogP contribution < -0.4 is 10.6 Å². The van der Waals surface area contributed by atoms with Crippen LogP contribution in [0.25, 0.3) is 0 Å². The Morgan fingerprint density at radius 1 is 1.11 bits per heavy atom. The molecule has 2 aliphatic heterocycles. The van der Waals surface area contributed by atoms with Crippen LogP contribution in [0.1, 0.15) is 17.0 Å². The van der Waals surface area contributed by atoms with Gasteiger partial charge in [0.15, 0.2) is 11.5 Å². The number of thiol groups is 1. The molecule has 1 atom stereocenters. The fourth-order valence-corrected chi connectivity index (χ4v) is 3.98. The summed E-state index contributed by atoms with van der Waals surface area (Å²) in [5, 5.41) is 22.2. The SMILES string of the molecule is N=C(C(=NS)c1nnc(N[C@H]2N=C(c3ccccc3)c3ccccc3NC2=O)o1)N1CCOCC1. The minimum absolute atomic E-state index is 0.00331. The number of para-hydroxylation sites is 1. The van der Waals surface area contributed by atoms with E-state index in [-0.39, 0.29) is 29.4 Å². The van der Waals surface area contributed by atoms with Crippen molar-refractivity contribution in [3.05, 3.63) is 71.6 Å². The zero-order valence-electron chi connectivity index (χ0n) is 18.5. The third kappa shape index (κ3) is 4.79. The molecule has 3 aromatic rings. The lowest BCUT2D eigenvalue weighted by Crippen LogP contribution is -2.44. The van der Waals surface area contributed by atoms with Crippen molar-refractivity contribution in [2.75, 3.05) is 36.9 Å². The van der Waals surface area contributed by atoms with Gasteiger partial charge in [-0.2, -0.15) is 0 Å². The van der Waals surface area contributed by atoms with Crippen molar-refractivity contribution in [3.8, 4) is 0 Å². The van der Waals surface area contributed by atoms with Gasteiger partial charge in [0.1, 0.15) is 0 Å². The molecule has 0 aliphatic carbocycles. The van der Waals surface area contributed by atoms with Crippen molar-refractivity contribution < 1.29 is 13.9 Å². The molecule has 2 aromatic carbocycles. The van der Waals surface area contributed by atoms with E-state index in [4.69, 9.17) is 19.6 Å². The molecule has 35 heavy (non-hydrogen) atoms. The lowest BCUT2D eigenvalue weighted by molar-refractivity contribution is -0.116. The predicted molar refractivity (Wildman–Crippen MR) is 135 cm³/mol. The van der Waals surface area contributed by atoms with E-state index >= 15 is 0 Å². The number of carbonyl (C=O) groups is 1. The lowest BCUT2D eigenvalue weighted by Gasteiger charge is -2.28. The van der Waals surface area contributed by atoms with Gasteiger partial charge in [-0.3, -0.25) is 10.2 Å². The van der Waals surface area contributed by atoms with Crippen LogP contribution in [0, 0.1) is 5.41 Å². The molecule has 0 spiro atoms. The number of carbonyl (C=O) groups excluding carboxylic acids is 1. The van der Waals surface area contributed by atoms with Crippen LogP contribution in [0.15, 0.2) is 68.4 Å². The van der Waals surface area contributed by atoms with Gasteiger partial charge in [0.25, 0.3) is 11.8 Å². The fourth-order valence-electron chi connectivity index (χ4n) is 3.80. The molecular formula is C23H22N8O3S. The number of nitrogens with one attached hydrogen (secondary N) is 3. The molecule has 11 nitrogen and oxygen atoms in total. The Morgan fingerprint density at radius 2 is 1.86 bits per heavy atom. The molecule has 0 saturated carbocycles. The van der Waals surface area contributed by atoms with Gasteiger partial charge in [-0.25, -0.2) is 9.39 Å². The van der Waals surface area contributed by atoms with E-state index in [9.17, 15) is 4.79 Å². The average Bonchev–Trinajstić information content (AvgIpc) is 3.30. The van der Waals surface area contributed by atoms with Crippen molar-refractivity contribution in [1.82, 2.24) is 15.1 Å². The second-order valence-electron chi connectivity index (χ2n) is 7.73. The van der Waals surface area contributed by atoms with Gasteiger partial charge in [0, 0.05) is 24.2 Å². The third-order valence-electron chi connectivity index (χ3n) is 5.53. The molecule has 0 radical (unpaired) electrons. The summed E-state index contributed by atoms with van der Waals surface area (Å²) < 4.78 is 14.9. The minimum atomic E-state index is -1.04. The number of fused-ring (bicyclic) bond motifs is 1. The summed E-state index contributed by atoms with van der Waals surface area (Å²) in [7, 11) is 0. The summed E-state index contributed by atoms with van der Waals surface area (Å²) in [4.78, 5) is 19.5. The summed E-state index contributed by atoms with van der Waals surface area (Å²) in [5.74, 6) is -0.276. The van der Waals surface area contributed by atoms with Gasteiger partial charge in [0.05, 0.1) is 24.6 Å². The number of aliphatic imine (C=N–C) groups is 1. The zero-order valence-corrected chi connectivity index (χ0v) is 19.4. The number of hydrogen-bond donors (Lipinski definition) is 4. The second kappa shape index (κ2) is 10.1. The van der Waals surface area contributed by atoms with Crippen LogP contribution in [0.3, 0.4) is 0 Å². The number of amides is 1. The molecule has 12 heteroatoms. The zero-order chi connectivity index (χ0) is 24.2. The van der Waals surface area contributed by atoms with Crippen LogP contribution in [0.2, 0.25) is 0 Å². The quantitative estimate of drug-likeness (QED) is 0.244. The molecule has 5 rings (SSSR count). The predicted octanol–water partition coefficient (Wildman–Crippen LogP) is 2.24. The smallest absolute Gasteiger partial charge is 0.317 e. The normalized spacial score (nSPS) is 18.3. The molecule has 0 unspecified atom stereocenters. The van der Waals surface area contributed by atoms with Gasteiger partial charge in [-0.05, 0) is 18.9 Å². The Labute approximate surface area is 206 Å². The highest BCUT2D eigenvalue weighted by molar-refractivity contribution is 7.79. The first kappa shape index (κ1) is 22.7. The number of anilines is 2. The molecule has 3 N–H and O–H groups in total. The van der Waals surface area contributed by atoms with E-state index in [0.717, 1.165) is 11.1 Å². The van der Waals surface area contributed by atoms with Crippen molar-refractivity contribution in [1.29, 1.82) is 5.41 Å². The Balaban J connectivity index is 1.42. The third-order valence-corrected chi connectivity index (χ3v) is 5.73. The van der Waals surface area contributed by atoms with Gasteiger partial charge in [-0.15, -0.1) is 5.10 Å². The molecule has 1 fully saturated rings. The minimum Gasteiger partial charge on any atom is -0.401 e. The fraction of sp³-hybridized carbons (Fsp3) is 0.217. The number of morpholine rings is 1. The van der Waals surface area contributed by atoms with Crippen LogP contribution >= 0.6 is 12.8 Å². The topological polar surface area (TPSA) is 141 Å². The Kier molecular flexibility index (Phi) is 6.55. The molecule has 1 aromatic heterocycles. The molecule has 1 saturated heterocycles. The molecule has 3 heterocycles. The summed E-state index contributed by atoms with van der Waals surface area (Å²) >= 11 is 3.99. The first-order chi connectivity index (χ1) is 17.1. The van der Waals surface area contributed by atoms with Crippen molar-refractivity contribution in [2.24, 2.45) is 9.39 Å². The number of benzodiazepines with no additional fused rings is 1. The highest BCUT2D eigenvalue weighted by Crippen LogP contribution is 2.24. The van der Waals surface area contributed by atoms with E-state index in [1.807, 2.05) is 54.6 Å². The van der Waals surface area contributed by atoms with Crippen LogP contribution in [0.4, 0.5) is 11.7 Å². The Hall–Kier alpha value is -4.03. The van der Waals surface area contributed by atoms with E-state index in [2.05, 4.69) is 38.0 Å². The van der Waals surface area contributed by atoms with E-state index in [0.29, 0.717) is 37.7 Å².